The van der Waals surface area contributed by atoms with E-state index in [1.807, 2.05) is 0 Å². The molecule has 0 aliphatic heterocycles. The van der Waals surface area contributed by atoms with Crippen LogP contribution in [0.2, 0.25) is 5.02 Å². The van der Waals surface area contributed by atoms with Gasteiger partial charge in [-0.3, -0.25) is 0 Å². The average molecular weight is 285 g/mol. The summed E-state index contributed by atoms with van der Waals surface area (Å²) in [5.41, 5.74) is -0.0270. The third-order valence-electron chi connectivity index (χ3n) is 4.37. The first-order chi connectivity index (χ1) is 8.92. The van der Waals surface area contributed by atoms with Gasteiger partial charge in [-0.25, -0.2) is 4.39 Å². The third kappa shape index (κ3) is 3.29. The van der Waals surface area contributed by atoms with Crippen molar-refractivity contribution in [2.24, 2.45) is 11.8 Å². The second-order valence-electron chi connectivity index (χ2n) is 6.11. The summed E-state index contributed by atoms with van der Waals surface area (Å²) in [6.45, 7) is 4.29. The lowest BCUT2D eigenvalue weighted by Gasteiger charge is -2.42. The minimum absolute atomic E-state index is 0.264. The first kappa shape index (κ1) is 14.8. The molecule has 0 radical (unpaired) electrons. The average Bonchev–Trinajstić information content (AvgIpc) is 2.33. The van der Waals surface area contributed by atoms with E-state index in [9.17, 15) is 9.50 Å². The molecule has 0 aromatic heterocycles. The Hall–Kier alpha value is -0.600. The number of hydrogen-bond acceptors (Lipinski definition) is 1. The molecule has 3 heteroatoms. The van der Waals surface area contributed by atoms with Gasteiger partial charge in [-0.2, -0.15) is 0 Å². The molecule has 106 valence electrons. The molecule has 0 amide bonds. The molecule has 1 aromatic rings. The van der Waals surface area contributed by atoms with Crippen LogP contribution in [0.5, 0.6) is 0 Å². The molecule has 2 unspecified atom stereocenters. The SMILES string of the molecule is CC(C)C1CCCCC1(O)Cc1cc(F)ccc1Cl. The Morgan fingerprint density at radius 1 is 1.42 bits per heavy atom. The number of benzene rings is 1. The van der Waals surface area contributed by atoms with E-state index in [2.05, 4.69) is 13.8 Å². The number of halogens is 2. The molecule has 0 saturated heterocycles. The summed E-state index contributed by atoms with van der Waals surface area (Å²) in [6.07, 6.45) is 4.48. The summed E-state index contributed by atoms with van der Waals surface area (Å²) >= 11 is 6.13. The Kier molecular flexibility index (Phi) is 4.52. The lowest BCUT2D eigenvalue weighted by molar-refractivity contribution is -0.0652. The number of hydrogen-bond donors (Lipinski definition) is 1. The molecular weight excluding hydrogens is 263 g/mol. The zero-order valence-electron chi connectivity index (χ0n) is 11.6. The molecule has 0 spiro atoms. The van der Waals surface area contributed by atoms with Gasteiger partial charge >= 0.3 is 0 Å². The maximum atomic E-state index is 13.3. The Balaban J connectivity index is 2.25. The Bertz CT molecular complexity index is 446. The van der Waals surface area contributed by atoms with Gasteiger partial charge in [0.2, 0.25) is 0 Å². The van der Waals surface area contributed by atoms with Crippen molar-refractivity contribution < 1.29 is 9.50 Å². The van der Waals surface area contributed by atoms with Crippen molar-refractivity contribution in [3.63, 3.8) is 0 Å². The molecule has 1 aliphatic carbocycles. The molecule has 2 rings (SSSR count). The van der Waals surface area contributed by atoms with Crippen LogP contribution in [-0.2, 0) is 6.42 Å². The van der Waals surface area contributed by atoms with Crippen LogP contribution in [0.15, 0.2) is 18.2 Å². The second-order valence-corrected chi connectivity index (χ2v) is 6.52. The van der Waals surface area contributed by atoms with Gasteiger partial charge in [0.25, 0.3) is 0 Å². The Morgan fingerprint density at radius 3 is 2.84 bits per heavy atom. The van der Waals surface area contributed by atoms with Crippen molar-refractivity contribution >= 4 is 11.6 Å². The van der Waals surface area contributed by atoms with E-state index < -0.39 is 5.60 Å². The van der Waals surface area contributed by atoms with Crippen molar-refractivity contribution in [1.29, 1.82) is 0 Å². The van der Waals surface area contributed by atoms with Crippen molar-refractivity contribution in [3.8, 4) is 0 Å². The van der Waals surface area contributed by atoms with E-state index in [0.717, 1.165) is 24.8 Å². The molecule has 19 heavy (non-hydrogen) atoms. The topological polar surface area (TPSA) is 20.2 Å². The van der Waals surface area contributed by atoms with Crippen LogP contribution >= 0.6 is 11.6 Å². The second kappa shape index (κ2) is 5.80. The summed E-state index contributed by atoms with van der Waals surface area (Å²) in [5.74, 6) is 0.401. The van der Waals surface area contributed by atoms with Crippen molar-refractivity contribution in [2.45, 2.75) is 51.6 Å². The smallest absolute Gasteiger partial charge is 0.123 e. The Labute approximate surface area is 119 Å². The molecule has 1 nitrogen and oxygen atoms in total. The molecular formula is C16H22ClFO. The lowest BCUT2D eigenvalue weighted by atomic mass is 9.68. The van der Waals surface area contributed by atoms with Gasteiger partial charge in [0.15, 0.2) is 0 Å². The van der Waals surface area contributed by atoms with Gasteiger partial charge in [-0.1, -0.05) is 38.3 Å². The van der Waals surface area contributed by atoms with Crippen molar-refractivity contribution in [1.82, 2.24) is 0 Å². The van der Waals surface area contributed by atoms with E-state index in [1.165, 1.54) is 18.6 Å². The van der Waals surface area contributed by atoms with Crippen molar-refractivity contribution in [2.75, 3.05) is 0 Å². The van der Waals surface area contributed by atoms with E-state index in [0.29, 0.717) is 17.4 Å². The van der Waals surface area contributed by atoms with Gasteiger partial charge in [-0.15, -0.1) is 0 Å². The fourth-order valence-electron chi connectivity index (χ4n) is 3.43. The van der Waals surface area contributed by atoms with E-state index in [-0.39, 0.29) is 11.7 Å². The highest BCUT2D eigenvalue weighted by molar-refractivity contribution is 6.31. The van der Waals surface area contributed by atoms with Crippen LogP contribution in [0, 0.1) is 17.7 Å². The molecule has 2 atom stereocenters. The highest BCUT2D eigenvalue weighted by Gasteiger charge is 2.40. The number of rotatable bonds is 3. The van der Waals surface area contributed by atoms with Crippen molar-refractivity contribution in [3.05, 3.63) is 34.6 Å². The zero-order valence-corrected chi connectivity index (χ0v) is 12.4. The third-order valence-corrected chi connectivity index (χ3v) is 4.74. The first-order valence-corrected chi connectivity index (χ1v) is 7.46. The standard InChI is InChI=1S/C16H22ClFO/c1-11(2)14-5-3-4-8-16(14,19)10-12-9-13(18)6-7-15(12)17/h6-7,9,11,14,19H,3-5,8,10H2,1-2H3. The normalized spacial score (nSPS) is 27.8. The van der Waals surface area contributed by atoms with Crippen LogP contribution in [0.25, 0.3) is 0 Å². The van der Waals surface area contributed by atoms with Crippen LogP contribution in [-0.4, -0.2) is 10.7 Å². The van der Waals surface area contributed by atoms with E-state index in [4.69, 9.17) is 11.6 Å². The van der Waals surface area contributed by atoms with Crippen LogP contribution < -0.4 is 0 Å². The van der Waals surface area contributed by atoms with Gasteiger partial charge in [0.1, 0.15) is 5.82 Å². The molecule has 1 aliphatic rings. The molecule has 1 aromatic carbocycles. The van der Waals surface area contributed by atoms with Crippen LogP contribution in [0.4, 0.5) is 4.39 Å². The highest BCUT2D eigenvalue weighted by atomic mass is 35.5. The predicted octanol–water partition coefficient (Wildman–Crippen LogP) is 4.60. The maximum absolute atomic E-state index is 13.3. The minimum Gasteiger partial charge on any atom is -0.389 e. The van der Waals surface area contributed by atoms with Crippen LogP contribution in [0.3, 0.4) is 0 Å². The summed E-state index contributed by atoms with van der Waals surface area (Å²) < 4.78 is 13.3. The van der Waals surface area contributed by atoms with Gasteiger partial charge in [0, 0.05) is 11.4 Å². The molecule has 0 heterocycles. The maximum Gasteiger partial charge on any atom is 0.123 e. The lowest BCUT2D eigenvalue weighted by Crippen LogP contribution is -2.45. The minimum atomic E-state index is -0.746. The fourth-order valence-corrected chi connectivity index (χ4v) is 3.62. The summed E-state index contributed by atoms with van der Waals surface area (Å²) in [7, 11) is 0. The van der Waals surface area contributed by atoms with Gasteiger partial charge < -0.3 is 5.11 Å². The summed E-state index contributed by atoms with van der Waals surface area (Å²) in [6, 6.07) is 4.38. The zero-order chi connectivity index (χ0) is 14.0. The molecule has 0 bridgehead atoms. The number of aliphatic hydroxyl groups is 1. The largest absolute Gasteiger partial charge is 0.389 e. The molecule has 1 N–H and O–H groups in total. The fraction of sp³-hybridized carbons (Fsp3) is 0.625. The first-order valence-electron chi connectivity index (χ1n) is 7.09. The summed E-state index contributed by atoms with van der Waals surface area (Å²) in [4.78, 5) is 0. The molecule has 1 saturated carbocycles. The monoisotopic (exact) mass is 284 g/mol. The Morgan fingerprint density at radius 2 is 2.16 bits per heavy atom. The van der Waals surface area contributed by atoms with E-state index in [1.54, 1.807) is 6.07 Å². The van der Waals surface area contributed by atoms with E-state index >= 15 is 0 Å². The predicted molar refractivity (Wildman–Crippen MR) is 76.9 cm³/mol. The van der Waals surface area contributed by atoms with Gasteiger partial charge in [0.05, 0.1) is 5.60 Å². The van der Waals surface area contributed by atoms with Crippen LogP contribution in [0.1, 0.15) is 45.1 Å². The highest BCUT2D eigenvalue weighted by Crippen LogP contribution is 2.41. The quantitative estimate of drug-likeness (QED) is 0.860. The van der Waals surface area contributed by atoms with Gasteiger partial charge in [-0.05, 0) is 48.4 Å². The molecule has 1 fully saturated rings. The summed E-state index contributed by atoms with van der Waals surface area (Å²) in [5, 5.41) is 11.5.